The number of hydrogen-bond acceptors (Lipinski definition) is 3. The summed E-state index contributed by atoms with van der Waals surface area (Å²) in [6, 6.07) is 1.49. The summed E-state index contributed by atoms with van der Waals surface area (Å²) in [6.07, 6.45) is 9.90. The normalized spacial score (nSPS) is 34.4. The smallest absolute Gasteiger partial charge is 0.223 e. The van der Waals surface area contributed by atoms with Crippen LogP contribution in [0.15, 0.2) is 0 Å². The Morgan fingerprint density at radius 3 is 2.58 bits per heavy atom. The molecule has 152 valence electrons. The minimum atomic E-state index is 0. The molecule has 3 aliphatic rings. The summed E-state index contributed by atoms with van der Waals surface area (Å²) in [5.41, 5.74) is 0. The van der Waals surface area contributed by atoms with E-state index in [-0.39, 0.29) is 18.3 Å². The minimum absolute atomic E-state index is 0. The van der Waals surface area contributed by atoms with Gasteiger partial charge in [-0.2, -0.15) is 0 Å². The van der Waals surface area contributed by atoms with Crippen molar-refractivity contribution in [2.24, 2.45) is 17.8 Å². The average Bonchev–Trinajstić information content (AvgIpc) is 2.64. The second-order valence-electron chi connectivity index (χ2n) is 8.91. The van der Waals surface area contributed by atoms with E-state index in [0.717, 1.165) is 18.8 Å². The van der Waals surface area contributed by atoms with Crippen molar-refractivity contribution in [3.05, 3.63) is 0 Å². The van der Waals surface area contributed by atoms with Gasteiger partial charge in [0.05, 0.1) is 0 Å². The molecule has 2 saturated heterocycles. The number of amides is 1. The number of halogens is 1. The zero-order valence-corrected chi connectivity index (χ0v) is 17.8. The number of piperidine rings is 2. The lowest BCUT2D eigenvalue weighted by molar-refractivity contribution is -0.134. The van der Waals surface area contributed by atoms with Crippen molar-refractivity contribution in [2.75, 3.05) is 19.6 Å². The Labute approximate surface area is 166 Å². The van der Waals surface area contributed by atoms with Crippen LogP contribution in [0.5, 0.6) is 0 Å². The third kappa shape index (κ3) is 5.14. The van der Waals surface area contributed by atoms with Crippen molar-refractivity contribution in [3.8, 4) is 0 Å². The first-order chi connectivity index (χ1) is 12.1. The van der Waals surface area contributed by atoms with Crippen LogP contribution in [0.1, 0.15) is 72.1 Å². The Kier molecular flexibility index (Phi) is 8.69. The molecule has 26 heavy (non-hydrogen) atoms. The number of carbonyl (C=O) groups excluding carboxylic acids is 1. The molecule has 1 amide bonds. The molecule has 3 fully saturated rings. The van der Waals surface area contributed by atoms with Gasteiger partial charge in [0, 0.05) is 30.6 Å². The third-order valence-corrected chi connectivity index (χ3v) is 7.15. The zero-order valence-electron chi connectivity index (χ0n) is 17.0. The van der Waals surface area contributed by atoms with Gasteiger partial charge in [0.1, 0.15) is 0 Å². The molecule has 5 unspecified atom stereocenters. The number of likely N-dealkylation sites (tertiary alicyclic amines) is 1. The van der Waals surface area contributed by atoms with E-state index in [1.54, 1.807) is 0 Å². The molecule has 0 aromatic rings. The van der Waals surface area contributed by atoms with Crippen LogP contribution in [0.25, 0.3) is 0 Å². The number of rotatable bonds is 5. The van der Waals surface area contributed by atoms with Crippen molar-refractivity contribution >= 4 is 18.3 Å². The summed E-state index contributed by atoms with van der Waals surface area (Å²) in [5, 5.41) is 6.78. The van der Waals surface area contributed by atoms with Crippen LogP contribution < -0.4 is 10.6 Å². The number of hydrogen-bond donors (Lipinski definition) is 2. The van der Waals surface area contributed by atoms with Crippen molar-refractivity contribution in [2.45, 2.75) is 90.3 Å². The molecule has 5 heteroatoms. The SMILES string of the molecule is CCC(C)NC(=O)C1CC(C)N(CC2CCNCC2)C2CCCCC12.Cl. The van der Waals surface area contributed by atoms with E-state index < -0.39 is 0 Å². The van der Waals surface area contributed by atoms with Crippen LogP contribution in [0.2, 0.25) is 0 Å². The van der Waals surface area contributed by atoms with Gasteiger partial charge in [-0.05, 0) is 77.3 Å². The van der Waals surface area contributed by atoms with Crippen molar-refractivity contribution in [3.63, 3.8) is 0 Å². The molecule has 4 nitrogen and oxygen atoms in total. The van der Waals surface area contributed by atoms with E-state index in [4.69, 9.17) is 0 Å². The Morgan fingerprint density at radius 1 is 1.19 bits per heavy atom. The van der Waals surface area contributed by atoms with Crippen LogP contribution >= 0.6 is 12.4 Å². The maximum atomic E-state index is 12.9. The van der Waals surface area contributed by atoms with E-state index in [0.29, 0.717) is 30.0 Å². The van der Waals surface area contributed by atoms with Gasteiger partial charge < -0.3 is 10.6 Å². The van der Waals surface area contributed by atoms with Gasteiger partial charge in [-0.3, -0.25) is 9.69 Å². The molecule has 5 atom stereocenters. The predicted molar refractivity (Wildman–Crippen MR) is 111 cm³/mol. The highest BCUT2D eigenvalue weighted by Gasteiger charge is 2.45. The van der Waals surface area contributed by atoms with Gasteiger partial charge in [-0.25, -0.2) is 0 Å². The Bertz CT molecular complexity index is 441. The summed E-state index contributed by atoms with van der Waals surface area (Å²) in [4.78, 5) is 15.7. The van der Waals surface area contributed by atoms with Gasteiger partial charge in [0.15, 0.2) is 0 Å². The first-order valence-electron chi connectivity index (χ1n) is 10.9. The molecule has 1 aliphatic carbocycles. The first kappa shape index (κ1) is 22.0. The van der Waals surface area contributed by atoms with Crippen LogP contribution in [-0.4, -0.2) is 48.6 Å². The van der Waals surface area contributed by atoms with E-state index in [1.165, 1.54) is 58.2 Å². The largest absolute Gasteiger partial charge is 0.353 e. The van der Waals surface area contributed by atoms with E-state index >= 15 is 0 Å². The van der Waals surface area contributed by atoms with E-state index in [9.17, 15) is 4.79 Å². The van der Waals surface area contributed by atoms with Crippen LogP contribution in [0.4, 0.5) is 0 Å². The van der Waals surface area contributed by atoms with Gasteiger partial charge in [0.25, 0.3) is 0 Å². The molecule has 0 bridgehead atoms. The molecule has 0 spiro atoms. The topological polar surface area (TPSA) is 44.4 Å². The summed E-state index contributed by atoms with van der Waals surface area (Å²) >= 11 is 0. The lowest BCUT2D eigenvalue weighted by Gasteiger charge is -2.52. The number of nitrogens with zero attached hydrogens (tertiary/aromatic N) is 1. The minimum Gasteiger partial charge on any atom is -0.353 e. The molecule has 1 saturated carbocycles. The molecule has 0 radical (unpaired) electrons. The highest BCUT2D eigenvalue weighted by molar-refractivity contribution is 5.85. The summed E-state index contributed by atoms with van der Waals surface area (Å²) in [6.45, 7) is 10.3. The number of carbonyl (C=O) groups is 1. The van der Waals surface area contributed by atoms with Crippen LogP contribution in [-0.2, 0) is 4.79 Å². The molecule has 2 aliphatic heterocycles. The molecule has 2 heterocycles. The van der Waals surface area contributed by atoms with Crippen molar-refractivity contribution in [1.29, 1.82) is 0 Å². The maximum Gasteiger partial charge on any atom is 0.223 e. The Morgan fingerprint density at radius 2 is 1.88 bits per heavy atom. The fraction of sp³-hybridized carbons (Fsp3) is 0.952. The van der Waals surface area contributed by atoms with E-state index in [2.05, 4.69) is 36.3 Å². The second kappa shape index (κ2) is 10.3. The lowest BCUT2D eigenvalue weighted by atomic mass is 9.69. The lowest BCUT2D eigenvalue weighted by Crippen LogP contribution is -2.59. The average molecular weight is 386 g/mol. The number of nitrogens with one attached hydrogen (secondary N) is 2. The maximum absolute atomic E-state index is 12.9. The standard InChI is InChI=1S/C21H39N3O.ClH/c1-4-15(2)23-21(25)19-13-16(3)24(14-17-9-11-22-12-10-17)20-8-6-5-7-18(19)20;/h15-20,22H,4-14H2,1-3H3,(H,23,25);1H. The highest BCUT2D eigenvalue weighted by Crippen LogP contribution is 2.42. The van der Waals surface area contributed by atoms with Crippen molar-refractivity contribution in [1.82, 2.24) is 15.5 Å². The van der Waals surface area contributed by atoms with Gasteiger partial charge in [-0.1, -0.05) is 19.8 Å². The molecule has 0 aromatic heterocycles. The number of fused-ring (bicyclic) bond motifs is 1. The second-order valence-corrected chi connectivity index (χ2v) is 8.91. The molecular formula is C21H40ClN3O. The van der Waals surface area contributed by atoms with Gasteiger partial charge in [0.2, 0.25) is 5.91 Å². The monoisotopic (exact) mass is 385 g/mol. The molecule has 3 rings (SSSR count). The van der Waals surface area contributed by atoms with Crippen molar-refractivity contribution < 1.29 is 4.79 Å². The summed E-state index contributed by atoms with van der Waals surface area (Å²) < 4.78 is 0. The predicted octanol–water partition coefficient (Wildman–Crippen LogP) is 3.59. The highest BCUT2D eigenvalue weighted by atomic mass is 35.5. The first-order valence-corrected chi connectivity index (χ1v) is 10.9. The van der Waals surface area contributed by atoms with Gasteiger partial charge >= 0.3 is 0 Å². The van der Waals surface area contributed by atoms with E-state index in [1.807, 2.05) is 0 Å². The van der Waals surface area contributed by atoms with Crippen LogP contribution in [0.3, 0.4) is 0 Å². The van der Waals surface area contributed by atoms with Gasteiger partial charge in [-0.15, -0.1) is 12.4 Å². The molecule has 0 aromatic carbocycles. The summed E-state index contributed by atoms with van der Waals surface area (Å²) in [5.74, 6) is 1.99. The fourth-order valence-electron chi connectivity index (χ4n) is 5.46. The quantitative estimate of drug-likeness (QED) is 0.760. The zero-order chi connectivity index (χ0) is 17.8. The Hall–Kier alpha value is -0.320. The summed E-state index contributed by atoms with van der Waals surface area (Å²) in [7, 11) is 0. The third-order valence-electron chi connectivity index (χ3n) is 7.15. The molecular weight excluding hydrogens is 346 g/mol. The Balaban J connectivity index is 0.00000243. The fourth-order valence-corrected chi connectivity index (χ4v) is 5.46. The van der Waals surface area contributed by atoms with Crippen LogP contribution in [0, 0.1) is 17.8 Å². The molecule has 2 N–H and O–H groups in total.